The molecule has 6 nitrogen and oxygen atoms in total. The minimum absolute atomic E-state index is 0.0972. The number of nitrogens with one attached hydrogen (secondary N) is 1. The zero-order valence-corrected chi connectivity index (χ0v) is 11.4. The molecule has 10 heteroatoms. The highest BCUT2D eigenvalue weighted by molar-refractivity contribution is 8.13. The fourth-order valence-electron chi connectivity index (χ4n) is 1.24. The van der Waals surface area contributed by atoms with Gasteiger partial charge in [0.2, 0.25) is 0 Å². The molecule has 0 atom stereocenters. The van der Waals surface area contributed by atoms with Crippen molar-refractivity contribution in [3.05, 3.63) is 35.1 Å². The van der Waals surface area contributed by atoms with Gasteiger partial charge in [-0.1, -0.05) is 4.49 Å². The van der Waals surface area contributed by atoms with Gasteiger partial charge in [0.25, 0.3) is 15.0 Å². The molecule has 0 spiro atoms. The van der Waals surface area contributed by atoms with Crippen LogP contribution in [0, 0.1) is 5.82 Å². The molecule has 2 rings (SSSR count). The molecule has 2 aromatic rings. The highest BCUT2D eigenvalue weighted by Crippen LogP contribution is 2.22. The third-order valence-corrected chi connectivity index (χ3v) is 4.06. The molecule has 1 aromatic heterocycles. The van der Waals surface area contributed by atoms with E-state index < -0.39 is 25.7 Å². The van der Waals surface area contributed by atoms with Crippen LogP contribution in [0.4, 0.5) is 10.1 Å². The van der Waals surface area contributed by atoms with E-state index in [0.29, 0.717) is 0 Å². The summed E-state index contributed by atoms with van der Waals surface area (Å²) >= 11 is 0.878. The third kappa shape index (κ3) is 3.25. The van der Waals surface area contributed by atoms with Gasteiger partial charge in [-0.15, -0.1) is 5.10 Å². The summed E-state index contributed by atoms with van der Waals surface area (Å²) in [7, 11) is 0.878. The highest BCUT2D eigenvalue weighted by atomic mass is 35.7. The number of anilines is 1. The quantitative estimate of drug-likeness (QED) is 0.872. The summed E-state index contributed by atoms with van der Waals surface area (Å²) in [5.41, 5.74) is 0.0972. The molecule has 0 aliphatic heterocycles. The number of rotatable bonds is 3. The van der Waals surface area contributed by atoms with Crippen molar-refractivity contribution in [1.29, 1.82) is 0 Å². The van der Waals surface area contributed by atoms with Gasteiger partial charge in [0.1, 0.15) is 15.6 Å². The Kier molecular flexibility index (Phi) is 3.78. The lowest BCUT2D eigenvalue weighted by atomic mass is 10.3. The lowest BCUT2D eigenvalue weighted by Gasteiger charge is -2.05. The second-order valence-corrected chi connectivity index (χ2v) is 6.64. The van der Waals surface area contributed by atoms with Gasteiger partial charge < -0.3 is 5.32 Å². The lowest BCUT2D eigenvalue weighted by Crippen LogP contribution is -2.10. The number of nitrogens with zero attached hydrogens (tertiary/aromatic N) is 2. The van der Waals surface area contributed by atoms with Gasteiger partial charge in [-0.25, -0.2) is 12.8 Å². The Morgan fingerprint density at radius 1 is 1.42 bits per heavy atom. The van der Waals surface area contributed by atoms with Crippen LogP contribution in [-0.4, -0.2) is 23.9 Å². The fraction of sp³-hybridized carbons (Fsp3) is 0. The van der Waals surface area contributed by atoms with Crippen LogP contribution in [0.15, 0.2) is 29.3 Å². The molecule has 19 heavy (non-hydrogen) atoms. The Morgan fingerprint density at radius 3 is 2.68 bits per heavy atom. The van der Waals surface area contributed by atoms with E-state index in [4.69, 9.17) is 10.7 Å². The van der Waals surface area contributed by atoms with Crippen LogP contribution in [0.25, 0.3) is 0 Å². The van der Waals surface area contributed by atoms with E-state index in [1.54, 1.807) is 0 Å². The van der Waals surface area contributed by atoms with Crippen molar-refractivity contribution in [3.63, 3.8) is 0 Å². The van der Waals surface area contributed by atoms with Crippen molar-refractivity contribution in [2.75, 3.05) is 5.32 Å². The summed E-state index contributed by atoms with van der Waals surface area (Å²) in [6, 6.07) is 3.06. The monoisotopic (exact) mass is 321 g/mol. The lowest BCUT2D eigenvalue weighted by molar-refractivity contribution is 0.103. The van der Waals surface area contributed by atoms with Crippen LogP contribution in [0.3, 0.4) is 0 Å². The minimum atomic E-state index is -4.16. The van der Waals surface area contributed by atoms with Crippen molar-refractivity contribution in [1.82, 2.24) is 9.59 Å². The Labute approximate surface area is 115 Å². The number of amides is 1. The van der Waals surface area contributed by atoms with Crippen molar-refractivity contribution in [3.8, 4) is 0 Å². The number of carbonyl (C=O) groups is 1. The van der Waals surface area contributed by atoms with E-state index in [-0.39, 0.29) is 10.6 Å². The maximum atomic E-state index is 13.5. The van der Waals surface area contributed by atoms with Gasteiger partial charge in [0, 0.05) is 16.4 Å². The predicted octanol–water partition coefficient (Wildman–Crippen LogP) is 1.86. The molecule has 1 N–H and O–H groups in total. The summed E-state index contributed by atoms with van der Waals surface area (Å²) < 4.78 is 39.0. The zero-order chi connectivity index (χ0) is 14.0. The average molecular weight is 322 g/mol. The van der Waals surface area contributed by atoms with Gasteiger partial charge in [-0.3, -0.25) is 4.79 Å². The first kappa shape index (κ1) is 13.8. The van der Waals surface area contributed by atoms with Gasteiger partial charge in [0.15, 0.2) is 0 Å². The Hall–Kier alpha value is -1.58. The summed E-state index contributed by atoms with van der Waals surface area (Å²) in [5, 5.41) is 5.86. The molecule has 1 aromatic carbocycles. The molecular formula is C9H5ClFN3O3S2. The minimum Gasteiger partial charge on any atom is -0.321 e. The number of hydrogen-bond acceptors (Lipinski definition) is 6. The summed E-state index contributed by atoms with van der Waals surface area (Å²) in [4.78, 5) is 11.2. The van der Waals surface area contributed by atoms with E-state index in [1.807, 2.05) is 0 Å². The van der Waals surface area contributed by atoms with Gasteiger partial charge >= 0.3 is 0 Å². The molecular weight excluding hydrogens is 317 g/mol. The number of aromatic nitrogens is 2. The molecule has 0 saturated carbocycles. The Morgan fingerprint density at radius 2 is 2.16 bits per heavy atom. The molecule has 0 saturated heterocycles. The largest absolute Gasteiger partial charge is 0.321 e. The Bertz CT molecular complexity index is 718. The van der Waals surface area contributed by atoms with Crippen molar-refractivity contribution in [2.24, 2.45) is 0 Å². The SMILES string of the molecule is O=C(Nc1ccc(S(=O)(=O)Cl)c(F)c1)c1cnns1. The predicted molar refractivity (Wildman–Crippen MR) is 67.3 cm³/mol. The molecule has 100 valence electrons. The molecule has 1 amide bonds. The average Bonchev–Trinajstić information content (AvgIpc) is 2.80. The van der Waals surface area contributed by atoms with E-state index in [9.17, 15) is 17.6 Å². The van der Waals surface area contributed by atoms with Crippen LogP contribution in [0.2, 0.25) is 0 Å². The topological polar surface area (TPSA) is 89.0 Å². The van der Waals surface area contributed by atoms with Gasteiger partial charge in [-0.05, 0) is 29.7 Å². The summed E-state index contributed by atoms with van der Waals surface area (Å²) in [6.07, 6.45) is 1.26. The second kappa shape index (κ2) is 5.19. The first-order chi connectivity index (χ1) is 8.88. The molecule has 0 radical (unpaired) electrons. The van der Waals surface area contributed by atoms with Crippen LogP contribution < -0.4 is 5.32 Å². The summed E-state index contributed by atoms with van der Waals surface area (Å²) in [5.74, 6) is -1.56. The number of carbonyl (C=O) groups excluding carboxylic acids is 1. The van der Waals surface area contributed by atoms with Gasteiger partial charge in [0.05, 0.1) is 6.20 Å². The number of hydrogen-bond donors (Lipinski definition) is 1. The maximum absolute atomic E-state index is 13.5. The second-order valence-electron chi connectivity index (χ2n) is 3.32. The normalized spacial score (nSPS) is 11.3. The third-order valence-electron chi connectivity index (χ3n) is 2.04. The van der Waals surface area contributed by atoms with E-state index in [2.05, 4.69) is 14.9 Å². The molecule has 0 bridgehead atoms. The molecule has 0 aliphatic rings. The van der Waals surface area contributed by atoms with E-state index >= 15 is 0 Å². The molecule has 0 unspecified atom stereocenters. The zero-order valence-electron chi connectivity index (χ0n) is 9.00. The van der Waals surface area contributed by atoms with Crippen LogP contribution in [0.5, 0.6) is 0 Å². The van der Waals surface area contributed by atoms with E-state index in [0.717, 1.165) is 23.7 Å². The van der Waals surface area contributed by atoms with Gasteiger partial charge in [-0.2, -0.15) is 0 Å². The molecule has 1 heterocycles. The fourth-order valence-corrected chi connectivity index (χ4v) is 2.54. The number of benzene rings is 1. The first-order valence-electron chi connectivity index (χ1n) is 4.71. The molecule has 0 aliphatic carbocycles. The van der Waals surface area contributed by atoms with E-state index in [1.165, 1.54) is 12.3 Å². The molecule has 0 fully saturated rings. The summed E-state index contributed by atoms with van der Waals surface area (Å²) in [6.45, 7) is 0. The van der Waals surface area contributed by atoms with Crippen molar-refractivity contribution < 1.29 is 17.6 Å². The van der Waals surface area contributed by atoms with Crippen molar-refractivity contribution >= 4 is 42.9 Å². The van der Waals surface area contributed by atoms with Crippen LogP contribution in [0.1, 0.15) is 9.67 Å². The van der Waals surface area contributed by atoms with Crippen LogP contribution >= 0.6 is 22.2 Å². The smallest absolute Gasteiger partial charge is 0.269 e. The number of halogens is 2. The standard InChI is InChI=1S/C9H5ClFN3O3S2/c10-19(16,17)8-2-1-5(3-6(8)11)13-9(15)7-4-12-14-18-7/h1-4H,(H,13,15). The first-order valence-corrected chi connectivity index (χ1v) is 7.79. The Balaban J connectivity index is 2.24. The van der Waals surface area contributed by atoms with Crippen molar-refractivity contribution in [2.45, 2.75) is 4.90 Å². The highest BCUT2D eigenvalue weighted by Gasteiger charge is 2.17. The van der Waals surface area contributed by atoms with Crippen LogP contribution in [-0.2, 0) is 9.05 Å². The maximum Gasteiger partial charge on any atom is 0.269 e.